The zero-order valence-electron chi connectivity index (χ0n) is 34.5. The third kappa shape index (κ3) is 19.0. The maximum atomic E-state index is 12.8. The second kappa shape index (κ2) is 24.6. The van der Waals surface area contributed by atoms with Crippen LogP contribution in [0.4, 0.5) is 0 Å². The highest BCUT2D eigenvalue weighted by atomic mass is 16.4. The first-order chi connectivity index (χ1) is 26.3. The molecule has 0 spiro atoms. The molecule has 0 saturated heterocycles. The highest BCUT2D eigenvalue weighted by molar-refractivity contribution is 5.93. The average Bonchev–Trinajstić information content (AvgIpc) is 3.12. The fourth-order valence-corrected chi connectivity index (χ4v) is 4.42. The van der Waals surface area contributed by atoms with Crippen LogP contribution in [-0.4, -0.2) is 267 Å². The van der Waals surface area contributed by atoms with Gasteiger partial charge in [0.2, 0.25) is 59.1 Å². The molecular weight excluding hydrogens is 756 g/mol. The monoisotopic (exact) mass is 814 g/mol. The summed E-state index contributed by atoms with van der Waals surface area (Å²) in [6, 6.07) is 0. The van der Waals surface area contributed by atoms with Crippen molar-refractivity contribution < 1.29 is 63.0 Å². The van der Waals surface area contributed by atoms with Gasteiger partial charge in [0.15, 0.2) is 0 Å². The van der Waals surface area contributed by atoms with Crippen LogP contribution in [0.15, 0.2) is 0 Å². The molecule has 0 rings (SSSR count). The van der Waals surface area contributed by atoms with E-state index in [4.69, 9.17) is 10.2 Å². The third-order valence-electron chi connectivity index (χ3n) is 8.53. The number of aliphatic carboxylic acids is 1. The fourth-order valence-electron chi connectivity index (χ4n) is 4.42. The molecule has 23 nitrogen and oxygen atoms in total. The first kappa shape index (κ1) is 51.1. The van der Waals surface area contributed by atoms with Crippen molar-refractivity contribution in [2.75, 3.05) is 143 Å². The van der Waals surface area contributed by atoms with Crippen LogP contribution in [0.2, 0.25) is 0 Å². The number of carboxylic acid groups (broad SMARTS) is 1. The van der Waals surface area contributed by atoms with Crippen molar-refractivity contribution in [3.63, 3.8) is 0 Å². The molecule has 0 aromatic rings. The van der Waals surface area contributed by atoms with E-state index in [1.807, 2.05) is 0 Å². The maximum absolute atomic E-state index is 12.8. The van der Waals surface area contributed by atoms with E-state index in [0.717, 1.165) is 44.1 Å². The summed E-state index contributed by atoms with van der Waals surface area (Å²) < 4.78 is 0. The van der Waals surface area contributed by atoms with Crippen molar-refractivity contribution in [2.45, 2.75) is 12.8 Å². The van der Waals surface area contributed by atoms with E-state index in [0.29, 0.717) is 0 Å². The van der Waals surface area contributed by atoms with E-state index < -0.39 is 111 Å². The molecule has 0 aromatic carbocycles. The van der Waals surface area contributed by atoms with E-state index in [1.165, 1.54) is 75.4 Å². The van der Waals surface area contributed by atoms with Crippen LogP contribution in [0.1, 0.15) is 12.8 Å². The topological polar surface area (TPSA) is 261 Å². The summed E-state index contributed by atoms with van der Waals surface area (Å²) in [6.07, 6.45) is 0.319. The lowest BCUT2D eigenvalue weighted by Crippen LogP contribution is -2.49. The number of amides is 10. The zero-order valence-corrected chi connectivity index (χ0v) is 34.5. The van der Waals surface area contributed by atoms with Gasteiger partial charge in [-0.25, -0.2) is 0 Å². The van der Waals surface area contributed by atoms with Crippen molar-refractivity contribution >= 4 is 65.0 Å². The number of hydrogen-bond donors (Lipinski definition) is 2. The predicted octanol–water partition coefficient (Wildman–Crippen LogP) is -5.57. The summed E-state index contributed by atoms with van der Waals surface area (Å²) in [5, 5.41) is 17.7. The predicted molar refractivity (Wildman–Crippen MR) is 200 cm³/mol. The van der Waals surface area contributed by atoms with E-state index in [1.54, 1.807) is 0 Å². The largest absolute Gasteiger partial charge is 0.480 e. The molecule has 0 aliphatic rings. The van der Waals surface area contributed by atoms with Gasteiger partial charge in [0.1, 0.15) is 6.54 Å². The molecule has 0 aliphatic heterocycles. The molecule has 0 heterocycles. The lowest BCUT2D eigenvalue weighted by molar-refractivity contribution is -0.147. The zero-order chi connectivity index (χ0) is 44.3. The van der Waals surface area contributed by atoms with Crippen molar-refractivity contribution in [1.82, 2.24) is 49.0 Å². The van der Waals surface area contributed by atoms with Gasteiger partial charge in [-0.15, -0.1) is 0 Å². The Bertz CT molecular complexity index is 1510. The first-order valence-corrected chi connectivity index (χ1v) is 17.5. The molecule has 322 valence electrons. The number of aliphatic hydroxyl groups excluding tert-OH is 1. The highest BCUT2D eigenvalue weighted by Crippen LogP contribution is 2.01. The van der Waals surface area contributed by atoms with Gasteiger partial charge in [-0.2, -0.15) is 0 Å². The normalized spacial score (nSPS) is 10.4. The molecule has 2 N–H and O–H groups in total. The number of carbonyl (C=O) groups is 11. The summed E-state index contributed by atoms with van der Waals surface area (Å²) in [5.74, 6) is -7.02. The van der Waals surface area contributed by atoms with Crippen molar-refractivity contribution in [3.8, 4) is 0 Å². The summed E-state index contributed by atoms with van der Waals surface area (Å²) in [6.45, 7) is -4.46. The molecule has 0 aromatic heterocycles. The number of hydrogen-bond acceptors (Lipinski definition) is 12. The van der Waals surface area contributed by atoms with Gasteiger partial charge in [-0.3, -0.25) is 52.7 Å². The molecule has 0 radical (unpaired) electrons. The second-order valence-electron chi connectivity index (χ2n) is 13.7. The fraction of sp³-hybridized carbons (Fsp3) is 0.676. The molecule has 0 aliphatic carbocycles. The van der Waals surface area contributed by atoms with Crippen LogP contribution in [0, 0.1) is 0 Å². The molecule has 0 fully saturated rings. The van der Waals surface area contributed by atoms with E-state index in [-0.39, 0.29) is 38.4 Å². The quantitative estimate of drug-likeness (QED) is 0.0977. The van der Waals surface area contributed by atoms with Crippen LogP contribution in [0.25, 0.3) is 0 Å². The van der Waals surface area contributed by atoms with Crippen LogP contribution in [-0.2, 0) is 52.7 Å². The van der Waals surface area contributed by atoms with E-state index in [9.17, 15) is 52.7 Å². The van der Waals surface area contributed by atoms with Crippen molar-refractivity contribution in [2.24, 2.45) is 0 Å². The summed E-state index contributed by atoms with van der Waals surface area (Å²) in [7, 11) is 13.3. The Morgan fingerprint density at radius 2 is 0.456 bits per heavy atom. The lowest BCUT2D eigenvalue weighted by Gasteiger charge is -2.27. The smallest absolute Gasteiger partial charge is 0.323 e. The number of likely N-dealkylation sites (N-methyl/N-ethyl adjacent to an activating group) is 10. The third-order valence-corrected chi connectivity index (χ3v) is 8.53. The van der Waals surface area contributed by atoms with Gasteiger partial charge in [-0.05, 0) is 6.42 Å². The maximum Gasteiger partial charge on any atom is 0.323 e. The number of rotatable bonds is 23. The van der Waals surface area contributed by atoms with E-state index >= 15 is 0 Å². The van der Waals surface area contributed by atoms with Crippen LogP contribution in [0.5, 0.6) is 0 Å². The Kier molecular flexibility index (Phi) is 22.1. The number of carboxylic acids is 1. The Labute approximate surface area is 332 Å². The SMILES string of the molecule is CN(CC(=O)O)C(=O)CN(C)C(=O)CN(C)C(=O)CN(C)C(=O)CN(C)C(=O)CN(C)C(=O)CN(C)C(=O)CN(C)C(=O)CN(C)C(=O)CN(C)C(=O)CCCO. The minimum Gasteiger partial charge on any atom is -0.480 e. The summed E-state index contributed by atoms with van der Waals surface area (Å²) in [5.41, 5.74) is 0. The summed E-state index contributed by atoms with van der Waals surface area (Å²) >= 11 is 0. The molecule has 0 unspecified atom stereocenters. The molecule has 0 saturated carbocycles. The van der Waals surface area contributed by atoms with Gasteiger partial charge in [0.25, 0.3) is 0 Å². The Morgan fingerprint density at radius 1 is 0.298 bits per heavy atom. The minimum absolute atomic E-state index is 0.0656. The molecule has 0 atom stereocenters. The second-order valence-corrected chi connectivity index (χ2v) is 13.7. The van der Waals surface area contributed by atoms with Gasteiger partial charge >= 0.3 is 5.97 Å². The Balaban J connectivity index is 4.87. The summed E-state index contributed by atoms with van der Waals surface area (Å²) in [4.78, 5) is 147. The van der Waals surface area contributed by atoms with Gasteiger partial charge in [0, 0.05) is 83.5 Å². The van der Waals surface area contributed by atoms with Gasteiger partial charge in [-0.1, -0.05) is 0 Å². The Morgan fingerprint density at radius 3 is 0.614 bits per heavy atom. The van der Waals surface area contributed by atoms with Crippen molar-refractivity contribution in [1.29, 1.82) is 0 Å². The number of aliphatic hydroxyl groups is 1. The van der Waals surface area contributed by atoms with Crippen LogP contribution < -0.4 is 0 Å². The Hall–Kier alpha value is -5.87. The molecule has 10 amide bonds. The number of carbonyl (C=O) groups excluding carboxylic acids is 10. The highest BCUT2D eigenvalue weighted by Gasteiger charge is 2.26. The lowest BCUT2D eigenvalue weighted by atomic mass is 10.3. The first-order valence-electron chi connectivity index (χ1n) is 17.5. The molecule has 23 heteroatoms. The van der Waals surface area contributed by atoms with Gasteiger partial charge < -0.3 is 59.2 Å². The van der Waals surface area contributed by atoms with Crippen molar-refractivity contribution in [3.05, 3.63) is 0 Å². The van der Waals surface area contributed by atoms with Crippen LogP contribution >= 0.6 is 0 Å². The standard InChI is InChI=1S/C34H58N10O13/c1-35(24(46)12-11-13-45)14-25(47)36(2)15-26(48)37(3)16-27(49)38(4)17-28(50)39(5)18-29(51)40(6)19-30(52)41(7)20-31(53)42(8)21-32(54)43(9)22-33(55)44(10)23-34(56)57/h45H,11-23H2,1-10H3,(H,56,57). The van der Waals surface area contributed by atoms with Gasteiger partial charge in [0.05, 0.1) is 58.9 Å². The molecular formula is C34H58N10O13. The molecule has 57 heavy (non-hydrogen) atoms. The van der Waals surface area contributed by atoms with E-state index in [2.05, 4.69) is 0 Å². The average molecular weight is 815 g/mol. The molecule has 0 bridgehead atoms. The number of nitrogens with zero attached hydrogens (tertiary/aromatic N) is 10. The van der Waals surface area contributed by atoms with Crippen LogP contribution in [0.3, 0.4) is 0 Å². The minimum atomic E-state index is -1.22.